The van der Waals surface area contributed by atoms with Gasteiger partial charge in [0, 0.05) is 6.20 Å². The Morgan fingerprint density at radius 2 is 2.10 bits per heavy atom. The molecular weight excluding hydrogens is 275 g/mol. The highest BCUT2D eigenvalue weighted by molar-refractivity contribution is 6.30. The third-order valence-corrected chi connectivity index (χ3v) is 3.51. The van der Waals surface area contributed by atoms with E-state index in [-0.39, 0.29) is 11.9 Å². The first-order valence-electron chi connectivity index (χ1n) is 6.70. The molecule has 1 heterocycles. The van der Waals surface area contributed by atoms with Gasteiger partial charge in [0.2, 0.25) is 0 Å². The minimum atomic E-state index is -0.198. The van der Waals surface area contributed by atoms with Crippen LogP contribution in [0.2, 0.25) is 5.02 Å². The maximum absolute atomic E-state index is 13.2. The van der Waals surface area contributed by atoms with Crippen molar-refractivity contribution in [1.82, 2.24) is 10.3 Å². The number of rotatable bonds is 5. The van der Waals surface area contributed by atoms with Crippen molar-refractivity contribution in [1.29, 1.82) is 0 Å². The normalized spacial score (nSPS) is 12.4. The summed E-state index contributed by atoms with van der Waals surface area (Å²) in [6.07, 6.45) is 2.42. The van der Waals surface area contributed by atoms with Crippen LogP contribution >= 0.6 is 11.6 Å². The minimum Gasteiger partial charge on any atom is -0.309 e. The van der Waals surface area contributed by atoms with E-state index in [1.807, 2.05) is 25.1 Å². The first-order chi connectivity index (χ1) is 9.60. The van der Waals surface area contributed by atoms with Gasteiger partial charge in [0.05, 0.1) is 16.8 Å². The predicted octanol–water partition coefficient (Wildman–Crippen LogP) is 4.08. The van der Waals surface area contributed by atoms with Crippen molar-refractivity contribution in [3.05, 3.63) is 64.2 Å². The molecule has 0 aliphatic carbocycles. The van der Waals surface area contributed by atoms with Crippen LogP contribution in [0.3, 0.4) is 0 Å². The van der Waals surface area contributed by atoms with Gasteiger partial charge in [-0.2, -0.15) is 0 Å². The van der Waals surface area contributed by atoms with Gasteiger partial charge in [-0.15, -0.1) is 0 Å². The van der Waals surface area contributed by atoms with E-state index in [1.165, 1.54) is 6.07 Å². The monoisotopic (exact) mass is 292 g/mol. The van der Waals surface area contributed by atoms with Crippen molar-refractivity contribution in [2.75, 3.05) is 6.54 Å². The van der Waals surface area contributed by atoms with E-state index in [0.29, 0.717) is 5.02 Å². The number of aromatic nitrogens is 1. The largest absolute Gasteiger partial charge is 0.309 e. The molecule has 0 aliphatic heterocycles. The quantitative estimate of drug-likeness (QED) is 0.898. The van der Waals surface area contributed by atoms with Gasteiger partial charge in [-0.3, -0.25) is 4.98 Å². The van der Waals surface area contributed by atoms with Gasteiger partial charge in [-0.1, -0.05) is 24.6 Å². The molecule has 1 aromatic heterocycles. The molecule has 0 fully saturated rings. The van der Waals surface area contributed by atoms with Crippen LogP contribution in [0, 0.1) is 12.7 Å². The van der Waals surface area contributed by atoms with Gasteiger partial charge in [-0.25, -0.2) is 4.39 Å². The Morgan fingerprint density at radius 1 is 1.30 bits per heavy atom. The summed E-state index contributed by atoms with van der Waals surface area (Å²) >= 11 is 5.87. The first kappa shape index (κ1) is 14.9. The number of likely N-dealkylation sites (N-methyl/N-ethyl adjacent to an activating group) is 1. The van der Waals surface area contributed by atoms with E-state index in [0.717, 1.165) is 29.8 Å². The van der Waals surface area contributed by atoms with Crippen LogP contribution in [0.4, 0.5) is 4.39 Å². The van der Waals surface area contributed by atoms with Gasteiger partial charge >= 0.3 is 0 Å². The number of nitrogens with zero attached hydrogens (tertiary/aromatic N) is 1. The molecule has 0 saturated heterocycles. The van der Waals surface area contributed by atoms with Gasteiger partial charge in [0.15, 0.2) is 0 Å². The molecule has 0 bridgehead atoms. The number of nitrogens with one attached hydrogen (secondary N) is 1. The summed E-state index contributed by atoms with van der Waals surface area (Å²) in [6.45, 7) is 4.83. The van der Waals surface area contributed by atoms with Crippen LogP contribution in [0.25, 0.3) is 0 Å². The summed E-state index contributed by atoms with van der Waals surface area (Å²) in [7, 11) is 0. The zero-order valence-corrected chi connectivity index (χ0v) is 12.4. The van der Waals surface area contributed by atoms with Crippen molar-refractivity contribution in [3.63, 3.8) is 0 Å². The molecule has 0 saturated carbocycles. The van der Waals surface area contributed by atoms with E-state index in [4.69, 9.17) is 11.6 Å². The van der Waals surface area contributed by atoms with E-state index < -0.39 is 0 Å². The van der Waals surface area contributed by atoms with Crippen molar-refractivity contribution >= 4 is 11.6 Å². The molecular formula is C16H18ClFN2. The van der Waals surface area contributed by atoms with Gasteiger partial charge in [0.1, 0.15) is 5.82 Å². The van der Waals surface area contributed by atoms with Crippen LogP contribution in [0.5, 0.6) is 0 Å². The zero-order valence-electron chi connectivity index (χ0n) is 11.7. The van der Waals surface area contributed by atoms with E-state index in [2.05, 4.69) is 17.2 Å². The van der Waals surface area contributed by atoms with Gasteiger partial charge in [0.25, 0.3) is 0 Å². The Hall–Kier alpha value is -1.45. The molecule has 1 unspecified atom stereocenters. The second-order valence-electron chi connectivity index (χ2n) is 4.79. The average Bonchev–Trinajstić information content (AvgIpc) is 2.42. The van der Waals surface area contributed by atoms with Crippen LogP contribution in [0.1, 0.15) is 29.8 Å². The highest BCUT2D eigenvalue weighted by atomic mass is 35.5. The summed E-state index contributed by atoms with van der Waals surface area (Å²) in [5.74, 6) is -0.198. The number of aryl methyl sites for hydroxylation is 1. The number of halogens is 2. The fourth-order valence-electron chi connectivity index (χ4n) is 2.23. The van der Waals surface area contributed by atoms with E-state index in [1.54, 1.807) is 12.3 Å². The lowest BCUT2D eigenvalue weighted by atomic mass is 9.98. The molecule has 0 radical (unpaired) electrons. The number of pyridine rings is 1. The molecule has 106 valence electrons. The molecule has 1 aromatic carbocycles. The zero-order chi connectivity index (χ0) is 14.5. The third-order valence-electron chi connectivity index (χ3n) is 3.29. The van der Waals surface area contributed by atoms with E-state index >= 15 is 0 Å². The SMILES string of the molecule is CCNC(Cc1ccc(F)cc1C)c1ccc(Cl)cn1. The highest BCUT2D eigenvalue weighted by Crippen LogP contribution is 2.21. The Morgan fingerprint density at radius 3 is 2.70 bits per heavy atom. The van der Waals surface area contributed by atoms with Gasteiger partial charge in [-0.05, 0) is 55.3 Å². The fraction of sp³-hybridized carbons (Fsp3) is 0.312. The van der Waals surface area contributed by atoms with Crippen LogP contribution in [-0.2, 0) is 6.42 Å². The van der Waals surface area contributed by atoms with Crippen molar-refractivity contribution in [3.8, 4) is 0 Å². The second kappa shape index (κ2) is 6.82. The van der Waals surface area contributed by atoms with Crippen LogP contribution in [-0.4, -0.2) is 11.5 Å². The molecule has 2 rings (SSSR count). The van der Waals surface area contributed by atoms with Crippen molar-refractivity contribution in [2.24, 2.45) is 0 Å². The standard InChI is InChI=1S/C16H18ClFN2/c1-3-19-16(15-7-5-13(17)10-20-15)9-12-4-6-14(18)8-11(12)2/h4-8,10,16,19H,3,9H2,1-2H3. The Balaban J connectivity index is 2.22. The summed E-state index contributed by atoms with van der Waals surface area (Å²) in [5.41, 5.74) is 3.02. The molecule has 4 heteroatoms. The van der Waals surface area contributed by atoms with Gasteiger partial charge < -0.3 is 5.32 Å². The van der Waals surface area contributed by atoms with Crippen molar-refractivity contribution in [2.45, 2.75) is 26.3 Å². The third kappa shape index (κ3) is 3.78. The first-order valence-corrected chi connectivity index (χ1v) is 7.07. The predicted molar refractivity (Wildman–Crippen MR) is 80.5 cm³/mol. The summed E-state index contributed by atoms with van der Waals surface area (Å²) in [4.78, 5) is 4.37. The smallest absolute Gasteiger partial charge is 0.123 e. The highest BCUT2D eigenvalue weighted by Gasteiger charge is 2.14. The summed E-state index contributed by atoms with van der Waals surface area (Å²) < 4.78 is 13.2. The van der Waals surface area contributed by atoms with E-state index in [9.17, 15) is 4.39 Å². The maximum atomic E-state index is 13.2. The number of hydrogen-bond donors (Lipinski definition) is 1. The molecule has 0 spiro atoms. The molecule has 1 N–H and O–H groups in total. The summed E-state index contributed by atoms with van der Waals surface area (Å²) in [6, 6.07) is 8.76. The van der Waals surface area contributed by atoms with Crippen molar-refractivity contribution < 1.29 is 4.39 Å². The molecule has 2 aromatic rings. The molecule has 0 amide bonds. The summed E-state index contributed by atoms with van der Waals surface area (Å²) in [5, 5.41) is 4.04. The number of benzene rings is 1. The topological polar surface area (TPSA) is 24.9 Å². The minimum absolute atomic E-state index is 0.0985. The second-order valence-corrected chi connectivity index (χ2v) is 5.22. The van der Waals surface area contributed by atoms with Crippen LogP contribution < -0.4 is 5.32 Å². The lowest BCUT2D eigenvalue weighted by Crippen LogP contribution is -2.24. The number of hydrogen-bond acceptors (Lipinski definition) is 2. The lowest BCUT2D eigenvalue weighted by Gasteiger charge is -2.18. The molecule has 20 heavy (non-hydrogen) atoms. The maximum Gasteiger partial charge on any atom is 0.123 e. The Kier molecular flexibility index (Phi) is 5.10. The average molecular weight is 293 g/mol. The Labute approximate surface area is 124 Å². The lowest BCUT2D eigenvalue weighted by molar-refractivity contribution is 0.534. The molecule has 1 atom stereocenters. The Bertz CT molecular complexity index is 569. The molecule has 2 nitrogen and oxygen atoms in total. The molecule has 0 aliphatic rings. The fourth-order valence-corrected chi connectivity index (χ4v) is 2.34. The van der Waals surface area contributed by atoms with Crippen LogP contribution in [0.15, 0.2) is 36.5 Å².